The number of carbonyl (C=O) groups excluding carboxylic acids is 1. The van der Waals surface area contributed by atoms with E-state index in [9.17, 15) is 15.0 Å². The third-order valence-corrected chi connectivity index (χ3v) is 9.62. The first-order valence-corrected chi connectivity index (χ1v) is 20.2. The maximum atomic E-state index is 12.0. The van der Waals surface area contributed by atoms with Crippen LogP contribution in [0.2, 0.25) is 0 Å². The lowest BCUT2D eigenvalue weighted by molar-refractivity contribution is -0.123. The van der Waals surface area contributed by atoms with Crippen LogP contribution in [0, 0.1) is 0 Å². The quantitative estimate of drug-likeness (QED) is 0.0603. The lowest BCUT2D eigenvalue weighted by Crippen LogP contribution is -2.45. The fourth-order valence-electron chi connectivity index (χ4n) is 6.48. The lowest BCUT2D eigenvalue weighted by atomic mass is 10.0. The first-order chi connectivity index (χ1) is 21.7. The van der Waals surface area contributed by atoms with Crippen LogP contribution in [-0.4, -0.2) is 34.9 Å². The number of aliphatic hydroxyl groups is 2. The molecule has 0 aliphatic rings. The van der Waals surface area contributed by atoms with Crippen molar-refractivity contribution in [2.24, 2.45) is 0 Å². The van der Waals surface area contributed by atoms with Gasteiger partial charge >= 0.3 is 0 Å². The van der Waals surface area contributed by atoms with Gasteiger partial charge in [-0.05, 0) is 12.8 Å². The molecule has 0 aromatic carbocycles. The van der Waals surface area contributed by atoms with Gasteiger partial charge in [-0.15, -0.1) is 0 Å². The summed E-state index contributed by atoms with van der Waals surface area (Å²) in [5.74, 6) is -0.0467. The van der Waals surface area contributed by atoms with E-state index in [0.717, 1.165) is 38.5 Å². The second-order valence-corrected chi connectivity index (χ2v) is 14.1. The first kappa shape index (κ1) is 43.4. The van der Waals surface area contributed by atoms with Gasteiger partial charge < -0.3 is 15.5 Å². The van der Waals surface area contributed by atoms with E-state index in [1.54, 1.807) is 0 Å². The second kappa shape index (κ2) is 36.9. The van der Waals surface area contributed by atoms with Crippen molar-refractivity contribution in [2.75, 3.05) is 6.61 Å². The van der Waals surface area contributed by atoms with E-state index in [-0.39, 0.29) is 12.5 Å². The van der Waals surface area contributed by atoms with Gasteiger partial charge in [-0.3, -0.25) is 4.79 Å². The molecule has 0 aliphatic carbocycles. The zero-order valence-electron chi connectivity index (χ0n) is 30.2. The predicted molar refractivity (Wildman–Crippen MR) is 193 cm³/mol. The van der Waals surface area contributed by atoms with Gasteiger partial charge in [0.25, 0.3) is 0 Å². The number of unbranched alkanes of at least 4 members (excludes halogenated alkanes) is 30. The minimum absolute atomic E-state index is 0.0467. The van der Waals surface area contributed by atoms with Crippen LogP contribution in [-0.2, 0) is 4.79 Å². The summed E-state index contributed by atoms with van der Waals surface area (Å²) < 4.78 is 0. The van der Waals surface area contributed by atoms with Crippen LogP contribution in [0.1, 0.15) is 232 Å². The standard InChI is InChI=1S/C40H81NO3/c1-3-5-7-9-10-11-12-13-14-15-16-17-18-19-20-21-22-23-24-25-26-27-28-29-30-31-32-33-35-39(43)38(37-42)41-40(44)36-34-8-6-4-2/h38-39,42-43H,3-37H2,1-2H3,(H,41,44). The average Bonchev–Trinajstić information content (AvgIpc) is 3.03. The Labute approximate surface area is 276 Å². The van der Waals surface area contributed by atoms with Gasteiger partial charge in [-0.25, -0.2) is 0 Å². The Morgan fingerprint density at radius 3 is 1.02 bits per heavy atom. The molecule has 0 radical (unpaired) electrons. The Morgan fingerprint density at radius 1 is 0.455 bits per heavy atom. The number of rotatable bonds is 37. The molecule has 1 amide bonds. The molecule has 0 rings (SSSR count). The monoisotopic (exact) mass is 624 g/mol. The molecule has 0 heterocycles. The highest BCUT2D eigenvalue weighted by molar-refractivity contribution is 5.76. The van der Waals surface area contributed by atoms with E-state index in [4.69, 9.17) is 0 Å². The van der Waals surface area contributed by atoms with E-state index in [2.05, 4.69) is 19.2 Å². The third kappa shape index (κ3) is 32.8. The van der Waals surface area contributed by atoms with Gasteiger partial charge in [-0.2, -0.15) is 0 Å². The summed E-state index contributed by atoms with van der Waals surface area (Å²) in [7, 11) is 0. The van der Waals surface area contributed by atoms with E-state index in [0.29, 0.717) is 12.8 Å². The number of aliphatic hydroxyl groups excluding tert-OH is 2. The van der Waals surface area contributed by atoms with E-state index in [1.807, 2.05) is 0 Å². The lowest BCUT2D eigenvalue weighted by Gasteiger charge is -2.22. The summed E-state index contributed by atoms with van der Waals surface area (Å²) in [5.41, 5.74) is 0. The molecule has 0 aromatic heterocycles. The molecule has 4 heteroatoms. The summed E-state index contributed by atoms with van der Waals surface area (Å²) >= 11 is 0. The largest absolute Gasteiger partial charge is 0.394 e. The molecule has 2 unspecified atom stereocenters. The molecule has 0 saturated carbocycles. The maximum absolute atomic E-state index is 12.0. The molecule has 0 aliphatic heterocycles. The highest BCUT2D eigenvalue weighted by Gasteiger charge is 2.19. The van der Waals surface area contributed by atoms with Crippen molar-refractivity contribution in [3.05, 3.63) is 0 Å². The molecular weight excluding hydrogens is 542 g/mol. The summed E-state index contributed by atoms with van der Waals surface area (Å²) in [6.45, 7) is 4.26. The molecule has 0 aromatic rings. The highest BCUT2D eigenvalue weighted by Crippen LogP contribution is 2.17. The minimum Gasteiger partial charge on any atom is -0.394 e. The Hall–Kier alpha value is -0.610. The number of amides is 1. The van der Waals surface area contributed by atoms with Gasteiger partial charge in [-0.1, -0.05) is 213 Å². The van der Waals surface area contributed by atoms with E-state index in [1.165, 1.54) is 167 Å². The molecule has 0 spiro atoms. The average molecular weight is 624 g/mol. The van der Waals surface area contributed by atoms with Gasteiger partial charge in [0.1, 0.15) is 0 Å². The first-order valence-electron chi connectivity index (χ1n) is 20.2. The summed E-state index contributed by atoms with van der Waals surface area (Å²) in [6.07, 6.45) is 43.8. The second-order valence-electron chi connectivity index (χ2n) is 14.1. The van der Waals surface area contributed by atoms with E-state index < -0.39 is 12.1 Å². The van der Waals surface area contributed by atoms with Crippen LogP contribution < -0.4 is 5.32 Å². The number of carbonyl (C=O) groups is 1. The van der Waals surface area contributed by atoms with Crippen molar-refractivity contribution in [1.29, 1.82) is 0 Å². The van der Waals surface area contributed by atoms with Crippen molar-refractivity contribution >= 4 is 5.91 Å². The van der Waals surface area contributed by atoms with Crippen LogP contribution in [0.5, 0.6) is 0 Å². The molecule has 4 nitrogen and oxygen atoms in total. The van der Waals surface area contributed by atoms with Crippen LogP contribution >= 0.6 is 0 Å². The molecule has 0 bridgehead atoms. The SMILES string of the molecule is CCCCCCCCCCCCCCCCCCCCCCCCCCCCCCC(O)C(CO)NC(=O)CCCCCC. The van der Waals surface area contributed by atoms with Crippen molar-refractivity contribution in [2.45, 2.75) is 244 Å². The van der Waals surface area contributed by atoms with Crippen molar-refractivity contribution in [1.82, 2.24) is 5.32 Å². The molecular formula is C40H81NO3. The fourth-order valence-corrected chi connectivity index (χ4v) is 6.48. The summed E-state index contributed by atoms with van der Waals surface area (Å²) in [6, 6.07) is -0.525. The zero-order chi connectivity index (χ0) is 32.2. The Bertz CT molecular complexity index is 555. The number of hydrogen-bond acceptors (Lipinski definition) is 3. The molecule has 0 fully saturated rings. The van der Waals surface area contributed by atoms with Crippen molar-refractivity contribution in [3.8, 4) is 0 Å². The summed E-state index contributed by atoms with van der Waals surface area (Å²) in [4.78, 5) is 12.0. The van der Waals surface area contributed by atoms with Crippen LogP contribution in [0.15, 0.2) is 0 Å². The minimum atomic E-state index is -0.649. The Balaban J connectivity index is 3.30. The Kier molecular flexibility index (Phi) is 36.3. The summed E-state index contributed by atoms with van der Waals surface area (Å²) in [5, 5.41) is 22.8. The highest BCUT2D eigenvalue weighted by atomic mass is 16.3. The number of hydrogen-bond donors (Lipinski definition) is 3. The fraction of sp³-hybridized carbons (Fsp3) is 0.975. The van der Waals surface area contributed by atoms with Crippen molar-refractivity contribution < 1.29 is 15.0 Å². The van der Waals surface area contributed by atoms with Crippen LogP contribution in [0.25, 0.3) is 0 Å². The Morgan fingerprint density at radius 2 is 0.727 bits per heavy atom. The molecule has 44 heavy (non-hydrogen) atoms. The third-order valence-electron chi connectivity index (χ3n) is 9.62. The normalized spacial score (nSPS) is 12.9. The zero-order valence-corrected chi connectivity index (χ0v) is 30.2. The molecule has 0 saturated heterocycles. The smallest absolute Gasteiger partial charge is 0.220 e. The van der Waals surface area contributed by atoms with Gasteiger partial charge in [0.05, 0.1) is 18.8 Å². The van der Waals surface area contributed by atoms with Crippen LogP contribution in [0.4, 0.5) is 0 Å². The molecule has 3 N–H and O–H groups in total. The van der Waals surface area contributed by atoms with E-state index >= 15 is 0 Å². The maximum Gasteiger partial charge on any atom is 0.220 e. The molecule has 2 atom stereocenters. The van der Waals surface area contributed by atoms with Gasteiger partial charge in [0.15, 0.2) is 0 Å². The molecule has 264 valence electrons. The topological polar surface area (TPSA) is 69.6 Å². The van der Waals surface area contributed by atoms with Gasteiger partial charge in [0, 0.05) is 6.42 Å². The van der Waals surface area contributed by atoms with Gasteiger partial charge in [0.2, 0.25) is 5.91 Å². The van der Waals surface area contributed by atoms with Crippen molar-refractivity contribution in [3.63, 3.8) is 0 Å². The number of nitrogens with one attached hydrogen (secondary N) is 1. The predicted octanol–water partition coefficient (Wildman–Crippen LogP) is 12.1. The van der Waals surface area contributed by atoms with Crippen LogP contribution in [0.3, 0.4) is 0 Å².